The normalized spacial score (nSPS) is 10.9. The number of halogens is 1. The van der Waals surface area contributed by atoms with Gasteiger partial charge in [0.15, 0.2) is 0 Å². The molecule has 0 aliphatic heterocycles. The molecule has 0 bridgehead atoms. The van der Waals surface area contributed by atoms with E-state index in [9.17, 15) is 4.79 Å². The van der Waals surface area contributed by atoms with Crippen LogP contribution in [0.4, 0.5) is 0 Å². The standard InChI is InChI=1S/C15H18ClN3O2/c1-3-10(4-2)15(20)17-9-13-18-14(19-21-13)11-6-5-7-12(16)8-11/h5-8,10H,3-4,9H2,1-2H3,(H,17,20). The van der Waals surface area contributed by atoms with Gasteiger partial charge < -0.3 is 9.84 Å². The first kappa shape index (κ1) is 15.5. The molecule has 0 spiro atoms. The molecule has 1 N–H and O–H groups in total. The van der Waals surface area contributed by atoms with E-state index in [2.05, 4.69) is 15.5 Å². The topological polar surface area (TPSA) is 68.0 Å². The fraction of sp³-hybridized carbons (Fsp3) is 0.400. The number of aromatic nitrogens is 2. The average molecular weight is 308 g/mol. The Kier molecular flexibility index (Phi) is 5.33. The van der Waals surface area contributed by atoms with E-state index in [4.69, 9.17) is 16.1 Å². The van der Waals surface area contributed by atoms with E-state index >= 15 is 0 Å². The zero-order valence-electron chi connectivity index (χ0n) is 12.1. The summed E-state index contributed by atoms with van der Waals surface area (Å²) in [5, 5.41) is 7.32. The minimum atomic E-state index is 0.0162. The minimum absolute atomic E-state index is 0.0162. The number of nitrogens with one attached hydrogen (secondary N) is 1. The first-order valence-corrected chi connectivity index (χ1v) is 7.38. The van der Waals surface area contributed by atoms with Gasteiger partial charge in [0.2, 0.25) is 17.6 Å². The molecule has 112 valence electrons. The van der Waals surface area contributed by atoms with Crippen LogP contribution in [0.25, 0.3) is 11.4 Å². The molecular formula is C15H18ClN3O2. The molecule has 0 atom stereocenters. The molecule has 0 saturated heterocycles. The molecule has 0 aliphatic carbocycles. The van der Waals surface area contributed by atoms with Gasteiger partial charge in [-0.25, -0.2) is 0 Å². The lowest BCUT2D eigenvalue weighted by Crippen LogP contribution is -2.29. The maximum absolute atomic E-state index is 11.9. The summed E-state index contributed by atoms with van der Waals surface area (Å²) < 4.78 is 5.14. The van der Waals surface area contributed by atoms with Gasteiger partial charge >= 0.3 is 0 Å². The molecule has 5 nitrogen and oxygen atoms in total. The lowest BCUT2D eigenvalue weighted by molar-refractivity contribution is -0.125. The summed E-state index contributed by atoms with van der Waals surface area (Å²) in [5.74, 6) is 0.886. The van der Waals surface area contributed by atoms with E-state index in [-0.39, 0.29) is 18.4 Å². The number of nitrogens with zero attached hydrogens (tertiary/aromatic N) is 2. The summed E-state index contributed by atoms with van der Waals surface area (Å²) in [4.78, 5) is 16.1. The molecule has 0 fully saturated rings. The van der Waals surface area contributed by atoms with Crippen molar-refractivity contribution in [1.82, 2.24) is 15.5 Å². The number of hydrogen-bond donors (Lipinski definition) is 1. The Morgan fingerprint density at radius 1 is 1.38 bits per heavy atom. The molecule has 2 rings (SSSR count). The fourth-order valence-electron chi connectivity index (χ4n) is 2.04. The minimum Gasteiger partial charge on any atom is -0.347 e. The second kappa shape index (κ2) is 7.22. The monoisotopic (exact) mass is 307 g/mol. The quantitative estimate of drug-likeness (QED) is 0.887. The van der Waals surface area contributed by atoms with Gasteiger partial charge in [0, 0.05) is 16.5 Å². The van der Waals surface area contributed by atoms with Crippen molar-refractivity contribution >= 4 is 17.5 Å². The third-order valence-corrected chi connectivity index (χ3v) is 3.56. The van der Waals surface area contributed by atoms with E-state index in [1.54, 1.807) is 12.1 Å². The lowest BCUT2D eigenvalue weighted by Gasteiger charge is -2.10. The van der Waals surface area contributed by atoms with Gasteiger partial charge in [-0.05, 0) is 25.0 Å². The van der Waals surface area contributed by atoms with Crippen molar-refractivity contribution in [2.24, 2.45) is 5.92 Å². The van der Waals surface area contributed by atoms with Gasteiger partial charge in [0.25, 0.3) is 0 Å². The summed E-state index contributed by atoms with van der Waals surface area (Å²) in [6, 6.07) is 7.22. The van der Waals surface area contributed by atoms with Crippen molar-refractivity contribution in [2.75, 3.05) is 0 Å². The molecule has 0 unspecified atom stereocenters. The first-order chi connectivity index (χ1) is 10.1. The van der Waals surface area contributed by atoms with Crippen LogP contribution in [-0.2, 0) is 11.3 Å². The van der Waals surface area contributed by atoms with Crippen LogP contribution >= 0.6 is 11.6 Å². The third-order valence-electron chi connectivity index (χ3n) is 3.32. The van der Waals surface area contributed by atoms with Gasteiger partial charge in [-0.15, -0.1) is 0 Å². The number of carbonyl (C=O) groups excluding carboxylic acids is 1. The molecule has 1 aromatic carbocycles. The molecule has 1 heterocycles. The van der Waals surface area contributed by atoms with Crippen LogP contribution in [0.15, 0.2) is 28.8 Å². The van der Waals surface area contributed by atoms with Gasteiger partial charge in [0.1, 0.15) is 0 Å². The molecule has 6 heteroatoms. The number of amides is 1. The van der Waals surface area contributed by atoms with Crippen molar-refractivity contribution in [3.8, 4) is 11.4 Å². The van der Waals surface area contributed by atoms with Crippen LogP contribution in [0.3, 0.4) is 0 Å². The maximum Gasteiger partial charge on any atom is 0.246 e. The van der Waals surface area contributed by atoms with E-state index in [0.717, 1.165) is 18.4 Å². The summed E-state index contributed by atoms with van der Waals surface area (Å²) in [6.07, 6.45) is 1.64. The molecule has 2 aromatic rings. The van der Waals surface area contributed by atoms with Gasteiger partial charge in [-0.3, -0.25) is 4.79 Å². The highest BCUT2D eigenvalue weighted by Gasteiger charge is 2.15. The Balaban J connectivity index is 1.99. The van der Waals surface area contributed by atoms with Crippen molar-refractivity contribution in [3.63, 3.8) is 0 Å². The Labute approximate surface area is 128 Å². The SMILES string of the molecule is CCC(CC)C(=O)NCc1nc(-c2cccc(Cl)c2)no1. The van der Waals surface area contributed by atoms with Gasteiger partial charge in [0.05, 0.1) is 6.54 Å². The third kappa shape index (κ3) is 4.04. The van der Waals surface area contributed by atoms with Crippen molar-refractivity contribution in [3.05, 3.63) is 35.2 Å². The number of rotatable bonds is 6. The van der Waals surface area contributed by atoms with Crippen LogP contribution in [0.5, 0.6) is 0 Å². The highest BCUT2D eigenvalue weighted by atomic mass is 35.5. The maximum atomic E-state index is 11.9. The summed E-state index contributed by atoms with van der Waals surface area (Å²) in [5.41, 5.74) is 0.781. The number of hydrogen-bond acceptors (Lipinski definition) is 4. The predicted molar refractivity (Wildman–Crippen MR) is 80.7 cm³/mol. The Hall–Kier alpha value is -1.88. The average Bonchev–Trinajstić information content (AvgIpc) is 2.95. The number of carbonyl (C=O) groups is 1. The highest BCUT2D eigenvalue weighted by molar-refractivity contribution is 6.30. The largest absolute Gasteiger partial charge is 0.347 e. The van der Waals surface area contributed by atoms with Crippen LogP contribution in [0.2, 0.25) is 5.02 Å². The van der Waals surface area contributed by atoms with Crippen molar-refractivity contribution in [1.29, 1.82) is 0 Å². The number of benzene rings is 1. The van der Waals surface area contributed by atoms with E-state index < -0.39 is 0 Å². The highest BCUT2D eigenvalue weighted by Crippen LogP contribution is 2.19. The fourth-order valence-corrected chi connectivity index (χ4v) is 2.23. The summed E-state index contributed by atoms with van der Waals surface area (Å²) >= 11 is 5.93. The molecule has 1 aromatic heterocycles. The predicted octanol–water partition coefficient (Wildman–Crippen LogP) is 3.44. The van der Waals surface area contributed by atoms with Gasteiger partial charge in [-0.1, -0.05) is 42.7 Å². The molecule has 21 heavy (non-hydrogen) atoms. The lowest BCUT2D eigenvalue weighted by atomic mass is 10.0. The zero-order chi connectivity index (χ0) is 15.2. The zero-order valence-corrected chi connectivity index (χ0v) is 12.9. The van der Waals surface area contributed by atoms with Crippen molar-refractivity contribution < 1.29 is 9.32 Å². The molecular weight excluding hydrogens is 290 g/mol. The van der Waals surface area contributed by atoms with E-state index in [1.807, 2.05) is 26.0 Å². The van der Waals surface area contributed by atoms with Crippen molar-refractivity contribution in [2.45, 2.75) is 33.2 Å². The second-order valence-electron chi connectivity index (χ2n) is 4.75. The summed E-state index contributed by atoms with van der Waals surface area (Å²) in [6.45, 7) is 4.23. The smallest absolute Gasteiger partial charge is 0.246 e. The van der Waals surface area contributed by atoms with Crippen LogP contribution in [0, 0.1) is 5.92 Å². The Morgan fingerprint density at radius 3 is 2.81 bits per heavy atom. The van der Waals surface area contributed by atoms with Gasteiger partial charge in [-0.2, -0.15) is 4.98 Å². The van der Waals surface area contributed by atoms with Crippen LogP contribution in [0.1, 0.15) is 32.6 Å². The first-order valence-electron chi connectivity index (χ1n) is 7.00. The van der Waals surface area contributed by atoms with Crippen LogP contribution in [-0.4, -0.2) is 16.0 Å². The second-order valence-corrected chi connectivity index (χ2v) is 5.19. The van der Waals surface area contributed by atoms with E-state index in [0.29, 0.717) is 16.7 Å². The Morgan fingerprint density at radius 2 is 2.14 bits per heavy atom. The Bertz CT molecular complexity index is 608. The molecule has 0 aliphatic rings. The van der Waals surface area contributed by atoms with E-state index in [1.165, 1.54) is 0 Å². The molecule has 1 amide bonds. The molecule has 0 radical (unpaired) electrons. The molecule has 0 saturated carbocycles. The van der Waals surface area contributed by atoms with Crippen LogP contribution < -0.4 is 5.32 Å². The summed E-state index contributed by atoms with van der Waals surface area (Å²) in [7, 11) is 0.